The second-order valence-corrected chi connectivity index (χ2v) is 9.15. The molecule has 0 radical (unpaired) electrons. The lowest BCUT2D eigenvalue weighted by Crippen LogP contribution is -2.39. The second-order valence-electron chi connectivity index (χ2n) is 6.15. The Balaban J connectivity index is 0.00000392. The molecule has 0 aliphatic carbocycles. The Morgan fingerprint density at radius 1 is 1.21 bits per heavy atom. The molecular weight excluding hydrogens is 509 g/mol. The van der Waals surface area contributed by atoms with Crippen LogP contribution >= 0.6 is 35.3 Å². The van der Waals surface area contributed by atoms with Crippen LogP contribution in [0.1, 0.15) is 24.6 Å². The summed E-state index contributed by atoms with van der Waals surface area (Å²) in [5.74, 6) is 1.78. The van der Waals surface area contributed by atoms with E-state index in [-0.39, 0.29) is 28.9 Å². The molecule has 0 saturated heterocycles. The summed E-state index contributed by atoms with van der Waals surface area (Å²) in [5.41, 5.74) is 0. The molecule has 0 amide bonds. The molecule has 0 bridgehead atoms. The molecule has 28 heavy (non-hydrogen) atoms. The molecule has 1 aromatic heterocycles. The highest BCUT2D eigenvalue weighted by atomic mass is 127. The zero-order valence-corrected chi connectivity index (χ0v) is 20.3. The first-order valence-corrected chi connectivity index (χ1v) is 11.7. The van der Waals surface area contributed by atoms with Crippen molar-refractivity contribution in [1.82, 2.24) is 10.6 Å². The van der Waals surface area contributed by atoms with Crippen LogP contribution < -0.4 is 15.4 Å². The van der Waals surface area contributed by atoms with Gasteiger partial charge in [0.1, 0.15) is 12.4 Å². The molecule has 2 rings (SSSR count). The van der Waals surface area contributed by atoms with Gasteiger partial charge in [-0.1, -0.05) is 13.0 Å². The maximum Gasteiger partial charge on any atom is 0.191 e. The van der Waals surface area contributed by atoms with Crippen molar-refractivity contribution in [3.63, 3.8) is 0 Å². The van der Waals surface area contributed by atoms with Gasteiger partial charge in [-0.3, -0.25) is 4.99 Å². The summed E-state index contributed by atoms with van der Waals surface area (Å²) >= 11 is 1.75. The zero-order chi connectivity index (χ0) is 19.7. The van der Waals surface area contributed by atoms with Crippen molar-refractivity contribution in [1.29, 1.82) is 0 Å². The first-order chi connectivity index (χ1) is 12.9. The zero-order valence-electron chi connectivity index (χ0n) is 16.3. The highest BCUT2D eigenvalue weighted by molar-refractivity contribution is 14.0. The molecule has 156 valence electrons. The quantitative estimate of drug-likeness (QED) is 0.222. The Morgan fingerprint density at radius 2 is 1.93 bits per heavy atom. The van der Waals surface area contributed by atoms with Crippen LogP contribution in [0.25, 0.3) is 0 Å². The van der Waals surface area contributed by atoms with E-state index in [0.717, 1.165) is 12.5 Å². The van der Waals surface area contributed by atoms with Crippen LogP contribution in [0.3, 0.4) is 0 Å². The number of rotatable bonds is 9. The average Bonchev–Trinajstić information content (AvgIpc) is 3.17. The van der Waals surface area contributed by atoms with E-state index in [2.05, 4.69) is 40.1 Å². The molecule has 9 heteroatoms. The first kappa shape index (κ1) is 24.7. The minimum atomic E-state index is -3.18. The molecule has 0 aliphatic rings. The van der Waals surface area contributed by atoms with Crippen molar-refractivity contribution in [2.24, 2.45) is 4.99 Å². The van der Waals surface area contributed by atoms with Gasteiger partial charge in [0.2, 0.25) is 0 Å². The number of halogens is 1. The van der Waals surface area contributed by atoms with Crippen molar-refractivity contribution in [3.05, 3.63) is 46.7 Å². The van der Waals surface area contributed by atoms with Crippen LogP contribution in [0.15, 0.2) is 51.7 Å². The summed E-state index contributed by atoms with van der Waals surface area (Å²) in [7, 11) is -3.18. The molecule has 0 aliphatic heterocycles. The van der Waals surface area contributed by atoms with Crippen molar-refractivity contribution in [3.8, 4) is 5.75 Å². The monoisotopic (exact) mass is 537 g/mol. The fourth-order valence-electron chi connectivity index (χ4n) is 2.35. The Morgan fingerprint density at radius 3 is 2.50 bits per heavy atom. The van der Waals surface area contributed by atoms with Crippen LogP contribution in [0.5, 0.6) is 5.75 Å². The van der Waals surface area contributed by atoms with Gasteiger partial charge in [0.15, 0.2) is 15.8 Å². The van der Waals surface area contributed by atoms with Crippen molar-refractivity contribution >= 4 is 51.1 Å². The number of guanidine groups is 1. The smallest absolute Gasteiger partial charge is 0.191 e. The number of sulfone groups is 1. The molecule has 1 aromatic carbocycles. The normalized spacial score (nSPS) is 12.8. The minimum absolute atomic E-state index is 0. The topological polar surface area (TPSA) is 79.8 Å². The van der Waals surface area contributed by atoms with Gasteiger partial charge in [0, 0.05) is 23.6 Å². The molecule has 1 atom stereocenters. The average molecular weight is 537 g/mol. The molecule has 0 saturated carbocycles. The second kappa shape index (κ2) is 12.3. The fraction of sp³-hybridized carbons (Fsp3) is 0.421. The largest absolute Gasteiger partial charge is 0.492 e. The summed E-state index contributed by atoms with van der Waals surface area (Å²) in [5, 5.41) is 8.56. The van der Waals surface area contributed by atoms with Crippen molar-refractivity contribution in [2.45, 2.75) is 24.7 Å². The Kier molecular flexibility index (Phi) is 10.8. The van der Waals surface area contributed by atoms with Crippen LogP contribution in [0.2, 0.25) is 0 Å². The number of hydrogen-bond donors (Lipinski definition) is 2. The van der Waals surface area contributed by atoms with E-state index in [4.69, 9.17) is 4.74 Å². The maximum atomic E-state index is 11.5. The number of benzene rings is 1. The SMILES string of the molecule is CCNC(=NCC(C)c1cccs1)NCCOc1ccc(S(C)(=O)=O)cc1.I. The summed E-state index contributed by atoms with van der Waals surface area (Å²) in [6, 6.07) is 10.6. The minimum Gasteiger partial charge on any atom is -0.492 e. The van der Waals surface area contributed by atoms with E-state index in [1.54, 1.807) is 35.6 Å². The molecule has 0 spiro atoms. The van der Waals surface area contributed by atoms with Gasteiger partial charge in [-0.25, -0.2) is 8.42 Å². The van der Waals surface area contributed by atoms with Crippen LogP contribution in [-0.4, -0.2) is 46.9 Å². The molecule has 0 fully saturated rings. The predicted octanol–water partition coefficient (Wildman–Crippen LogP) is 3.51. The van der Waals surface area contributed by atoms with Gasteiger partial charge in [-0.2, -0.15) is 0 Å². The van der Waals surface area contributed by atoms with Gasteiger partial charge < -0.3 is 15.4 Å². The van der Waals surface area contributed by atoms with E-state index < -0.39 is 9.84 Å². The summed E-state index contributed by atoms with van der Waals surface area (Å²) < 4.78 is 28.6. The standard InChI is InChI=1S/C19H27N3O3S2.HI/c1-4-20-19(22-14-15(2)18-6-5-13-26-18)21-11-12-25-16-7-9-17(10-8-16)27(3,23)24;/h5-10,13,15H,4,11-12,14H2,1-3H3,(H2,20,21,22);1H. The number of aliphatic imine (C=N–C) groups is 1. The fourth-order valence-corrected chi connectivity index (χ4v) is 3.76. The Bertz CT molecular complexity index is 823. The van der Waals surface area contributed by atoms with Gasteiger partial charge in [-0.15, -0.1) is 35.3 Å². The number of nitrogens with one attached hydrogen (secondary N) is 2. The third-order valence-electron chi connectivity index (χ3n) is 3.81. The van der Waals surface area contributed by atoms with E-state index in [0.29, 0.717) is 31.4 Å². The van der Waals surface area contributed by atoms with Crippen molar-refractivity contribution in [2.75, 3.05) is 32.5 Å². The predicted molar refractivity (Wildman–Crippen MR) is 127 cm³/mol. The van der Waals surface area contributed by atoms with E-state index >= 15 is 0 Å². The number of ether oxygens (including phenoxy) is 1. The lowest BCUT2D eigenvalue weighted by molar-refractivity contribution is 0.321. The lowest BCUT2D eigenvalue weighted by atomic mass is 10.1. The third-order valence-corrected chi connectivity index (χ3v) is 6.04. The number of thiophene rings is 1. The maximum absolute atomic E-state index is 11.5. The molecular formula is C19H28IN3O3S2. The van der Waals surface area contributed by atoms with Gasteiger partial charge in [0.05, 0.1) is 18.0 Å². The van der Waals surface area contributed by atoms with Gasteiger partial charge in [-0.05, 0) is 42.6 Å². The van der Waals surface area contributed by atoms with Crippen LogP contribution in [0, 0.1) is 0 Å². The molecule has 6 nitrogen and oxygen atoms in total. The van der Waals surface area contributed by atoms with E-state index in [9.17, 15) is 8.42 Å². The molecule has 2 aromatic rings. The number of nitrogens with zero attached hydrogens (tertiary/aromatic N) is 1. The van der Waals surface area contributed by atoms with Crippen LogP contribution in [-0.2, 0) is 9.84 Å². The number of hydrogen-bond acceptors (Lipinski definition) is 5. The summed E-state index contributed by atoms with van der Waals surface area (Å²) in [4.78, 5) is 6.25. The summed E-state index contributed by atoms with van der Waals surface area (Å²) in [6.45, 7) is 6.73. The van der Waals surface area contributed by atoms with Crippen LogP contribution in [0.4, 0.5) is 0 Å². The van der Waals surface area contributed by atoms with E-state index in [1.165, 1.54) is 11.1 Å². The van der Waals surface area contributed by atoms with Gasteiger partial charge >= 0.3 is 0 Å². The molecule has 2 N–H and O–H groups in total. The molecule has 1 heterocycles. The summed E-state index contributed by atoms with van der Waals surface area (Å²) in [6.07, 6.45) is 1.19. The molecule has 1 unspecified atom stereocenters. The lowest BCUT2D eigenvalue weighted by Gasteiger charge is -2.13. The first-order valence-electron chi connectivity index (χ1n) is 8.88. The Labute approximate surface area is 188 Å². The van der Waals surface area contributed by atoms with E-state index in [1.807, 2.05) is 6.92 Å². The van der Waals surface area contributed by atoms with Crippen molar-refractivity contribution < 1.29 is 13.2 Å². The highest BCUT2D eigenvalue weighted by Gasteiger charge is 2.07. The third kappa shape index (κ3) is 8.36. The van der Waals surface area contributed by atoms with Gasteiger partial charge in [0.25, 0.3) is 0 Å². The Hall–Kier alpha value is -1.33. The highest BCUT2D eigenvalue weighted by Crippen LogP contribution is 2.20.